The van der Waals surface area contributed by atoms with Crippen LogP contribution in [0.1, 0.15) is 71.1 Å². The Labute approximate surface area is 129 Å². The highest BCUT2D eigenvalue weighted by atomic mass is 16.5. The van der Waals surface area contributed by atoms with Crippen LogP contribution in [0.25, 0.3) is 0 Å². The molecule has 0 aliphatic carbocycles. The van der Waals surface area contributed by atoms with E-state index in [1.165, 1.54) is 58.5 Å². The van der Waals surface area contributed by atoms with Crippen molar-refractivity contribution in [1.29, 1.82) is 0 Å². The summed E-state index contributed by atoms with van der Waals surface area (Å²) in [7, 11) is 1.38. The maximum atomic E-state index is 11.8. The minimum absolute atomic E-state index is 0.102. The molecule has 0 aromatic heterocycles. The van der Waals surface area contributed by atoms with Crippen molar-refractivity contribution in [2.75, 3.05) is 20.2 Å². The highest BCUT2D eigenvalue weighted by molar-refractivity contribution is 5.86. The molecule has 0 bridgehead atoms. The topological polar surface area (TPSA) is 46.6 Å². The summed E-state index contributed by atoms with van der Waals surface area (Å²) in [6.07, 6.45) is 11.9. The van der Waals surface area contributed by atoms with Gasteiger partial charge >= 0.3 is 5.97 Å². The van der Waals surface area contributed by atoms with Gasteiger partial charge in [-0.15, -0.1) is 0 Å². The van der Waals surface area contributed by atoms with Crippen molar-refractivity contribution in [3.63, 3.8) is 0 Å². The van der Waals surface area contributed by atoms with E-state index in [0.29, 0.717) is 13.0 Å². The molecule has 1 saturated heterocycles. The molecule has 0 N–H and O–H groups in total. The fourth-order valence-electron chi connectivity index (χ4n) is 2.93. The van der Waals surface area contributed by atoms with Crippen LogP contribution in [-0.2, 0) is 14.3 Å². The molecule has 4 heteroatoms. The molecule has 4 nitrogen and oxygen atoms in total. The summed E-state index contributed by atoms with van der Waals surface area (Å²) in [6, 6.07) is 0. The Balaban J connectivity index is 2.00. The second kappa shape index (κ2) is 10.6. The number of nitrogens with zero attached hydrogens (tertiary/aromatic N) is 1. The molecule has 0 spiro atoms. The van der Waals surface area contributed by atoms with Crippen molar-refractivity contribution in [2.24, 2.45) is 5.92 Å². The van der Waals surface area contributed by atoms with E-state index in [2.05, 4.69) is 6.92 Å². The van der Waals surface area contributed by atoms with E-state index in [1.807, 2.05) is 4.90 Å². The number of hydrogen-bond acceptors (Lipinski definition) is 3. The number of likely N-dealkylation sites (tertiary alicyclic amines) is 1. The third kappa shape index (κ3) is 6.96. The second-order valence-corrected chi connectivity index (χ2v) is 6.09. The van der Waals surface area contributed by atoms with Gasteiger partial charge in [0.2, 0.25) is 5.91 Å². The Hall–Kier alpha value is -1.06. The van der Waals surface area contributed by atoms with E-state index in [1.54, 1.807) is 0 Å². The van der Waals surface area contributed by atoms with Crippen LogP contribution >= 0.6 is 0 Å². The highest BCUT2D eigenvalue weighted by Gasteiger charge is 2.34. The third-order valence-corrected chi connectivity index (χ3v) is 4.28. The zero-order valence-electron chi connectivity index (χ0n) is 13.7. The molecule has 0 saturated carbocycles. The summed E-state index contributed by atoms with van der Waals surface area (Å²) < 4.78 is 4.71. The van der Waals surface area contributed by atoms with E-state index >= 15 is 0 Å². The standard InChI is InChI=1S/C17H31NO3/c1-3-4-5-6-7-8-9-10-11-12-18-14-15(13-16(18)19)17(20)21-2/h15H,3-14H2,1-2H3. The molecule has 0 aromatic carbocycles. The number of rotatable bonds is 11. The monoisotopic (exact) mass is 297 g/mol. The van der Waals surface area contributed by atoms with Gasteiger partial charge in [0, 0.05) is 19.5 Å². The zero-order valence-corrected chi connectivity index (χ0v) is 13.7. The first-order chi connectivity index (χ1) is 10.2. The van der Waals surface area contributed by atoms with Crippen LogP contribution in [0.5, 0.6) is 0 Å². The lowest BCUT2D eigenvalue weighted by Gasteiger charge is -2.15. The molecular weight excluding hydrogens is 266 g/mol. The Bertz CT molecular complexity index is 317. The minimum Gasteiger partial charge on any atom is -0.469 e. The van der Waals surface area contributed by atoms with E-state index in [4.69, 9.17) is 4.74 Å². The number of methoxy groups -OCH3 is 1. The van der Waals surface area contributed by atoms with Crippen LogP contribution < -0.4 is 0 Å². The number of unbranched alkanes of at least 4 members (excludes halogenated alkanes) is 8. The van der Waals surface area contributed by atoms with Crippen LogP contribution in [0.3, 0.4) is 0 Å². The molecule has 1 unspecified atom stereocenters. The van der Waals surface area contributed by atoms with Crippen molar-refractivity contribution in [3.05, 3.63) is 0 Å². The number of carbonyl (C=O) groups is 2. The molecule has 1 heterocycles. The van der Waals surface area contributed by atoms with Gasteiger partial charge in [-0.3, -0.25) is 9.59 Å². The number of carbonyl (C=O) groups excluding carboxylic acids is 2. The fraction of sp³-hybridized carbons (Fsp3) is 0.882. The molecule has 21 heavy (non-hydrogen) atoms. The van der Waals surface area contributed by atoms with Crippen molar-refractivity contribution in [3.8, 4) is 0 Å². The lowest BCUT2D eigenvalue weighted by atomic mass is 10.1. The second-order valence-electron chi connectivity index (χ2n) is 6.09. The summed E-state index contributed by atoms with van der Waals surface area (Å²) >= 11 is 0. The first-order valence-electron chi connectivity index (χ1n) is 8.54. The Morgan fingerprint density at radius 2 is 1.67 bits per heavy atom. The number of amides is 1. The van der Waals surface area contributed by atoms with Crippen LogP contribution in [-0.4, -0.2) is 37.0 Å². The Morgan fingerprint density at radius 1 is 1.10 bits per heavy atom. The average molecular weight is 297 g/mol. The summed E-state index contributed by atoms with van der Waals surface area (Å²) in [5.74, 6) is -0.399. The van der Waals surface area contributed by atoms with Gasteiger partial charge in [-0.25, -0.2) is 0 Å². The predicted molar refractivity (Wildman–Crippen MR) is 83.9 cm³/mol. The number of hydrogen-bond donors (Lipinski definition) is 0. The summed E-state index contributed by atoms with van der Waals surface area (Å²) in [5, 5.41) is 0. The van der Waals surface area contributed by atoms with E-state index < -0.39 is 0 Å². The molecule has 0 aromatic rings. The van der Waals surface area contributed by atoms with Gasteiger partial charge in [-0.1, -0.05) is 58.3 Å². The third-order valence-electron chi connectivity index (χ3n) is 4.28. The van der Waals surface area contributed by atoms with E-state index in [-0.39, 0.29) is 17.8 Å². The summed E-state index contributed by atoms with van der Waals surface area (Å²) in [4.78, 5) is 25.0. The van der Waals surface area contributed by atoms with E-state index in [0.717, 1.165) is 13.0 Å². The summed E-state index contributed by atoms with van der Waals surface area (Å²) in [5.41, 5.74) is 0. The maximum Gasteiger partial charge on any atom is 0.310 e. The number of esters is 1. The van der Waals surface area contributed by atoms with Gasteiger partial charge in [-0.05, 0) is 6.42 Å². The van der Waals surface area contributed by atoms with Crippen LogP contribution in [0.4, 0.5) is 0 Å². The van der Waals surface area contributed by atoms with Crippen molar-refractivity contribution >= 4 is 11.9 Å². The van der Waals surface area contributed by atoms with Crippen LogP contribution in [0, 0.1) is 5.92 Å². The van der Waals surface area contributed by atoms with Gasteiger partial charge in [0.25, 0.3) is 0 Å². The molecule has 1 atom stereocenters. The van der Waals surface area contributed by atoms with Crippen LogP contribution in [0.15, 0.2) is 0 Å². The largest absolute Gasteiger partial charge is 0.469 e. The molecule has 1 aliphatic rings. The minimum atomic E-state index is -0.252. The van der Waals surface area contributed by atoms with Gasteiger partial charge in [0.15, 0.2) is 0 Å². The lowest BCUT2D eigenvalue weighted by Crippen LogP contribution is -2.27. The van der Waals surface area contributed by atoms with Gasteiger partial charge in [0.1, 0.15) is 0 Å². The van der Waals surface area contributed by atoms with Crippen molar-refractivity contribution < 1.29 is 14.3 Å². The molecule has 1 amide bonds. The molecule has 1 fully saturated rings. The Morgan fingerprint density at radius 3 is 2.24 bits per heavy atom. The first-order valence-corrected chi connectivity index (χ1v) is 8.54. The molecular formula is C17H31NO3. The SMILES string of the molecule is CCCCCCCCCCCN1CC(C(=O)OC)CC1=O. The Kier molecular flexibility index (Phi) is 9.11. The molecule has 0 radical (unpaired) electrons. The normalized spacial score (nSPS) is 18.3. The predicted octanol–water partition coefficient (Wildman–Crippen LogP) is 3.54. The average Bonchev–Trinajstić information content (AvgIpc) is 2.86. The van der Waals surface area contributed by atoms with Gasteiger partial charge in [0.05, 0.1) is 13.0 Å². The molecule has 1 rings (SSSR count). The lowest BCUT2D eigenvalue weighted by molar-refractivity contribution is -0.145. The number of ether oxygens (including phenoxy) is 1. The quantitative estimate of drug-likeness (QED) is 0.433. The molecule has 122 valence electrons. The van der Waals surface area contributed by atoms with Gasteiger partial charge in [-0.2, -0.15) is 0 Å². The molecule has 1 aliphatic heterocycles. The fourth-order valence-corrected chi connectivity index (χ4v) is 2.93. The first kappa shape index (κ1) is 18.0. The van der Waals surface area contributed by atoms with Crippen molar-refractivity contribution in [1.82, 2.24) is 4.90 Å². The van der Waals surface area contributed by atoms with Crippen LogP contribution in [0.2, 0.25) is 0 Å². The van der Waals surface area contributed by atoms with Gasteiger partial charge < -0.3 is 9.64 Å². The van der Waals surface area contributed by atoms with Crippen molar-refractivity contribution in [2.45, 2.75) is 71.1 Å². The highest BCUT2D eigenvalue weighted by Crippen LogP contribution is 2.19. The maximum absolute atomic E-state index is 11.8. The smallest absolute Gasteiger partial charge is 0.310 e. The summed E-state index contributed by atoms with van der Waals surface area (Å²) in [6.45, 7) is 3.58. The zero-order chi connectivity index (χ0) is 15.5. The van der Waals surface area contributed by atoms with E-state index in [9.17, 15) is 9.59 Å².